The third-order valence-corrected chi connectivity index (χ3v) is 2.42. The van der Waals surface area contributed by atoms with Crippen LogP contribution in [0.1, 0.15) is 6.92 Å². The molecule has 1 nitrogen and oxygen atoms in total. The van der Waals surface area contributed by atoms with Crippen LogP contribution in [-0.2, 0) is 0 Å². The van der Waals surface area contributed by atoms with E-state index in [1.54, 1.807) is 0 Å². The molecule has 0 spiro atoms. The van der Waals surface area contributed by atoms with E-state index < -0.39 is 0 Å². The Bertz CT molecular complexity index is 451. The molecule has 0 amide bonds. The second kappa shape index (κ2) is 3.89. The maximum Gasteiger partial charge on any atom is 0.0412 e. The molecule has 1 N–H and O–H groups in total. The van der Waals surface area contributed by atoms with Crippen molar-refractivity contribution in [2.24, 2.45) is 0 Å². The summed E-state index contributed by atoms with van der Waals surface area (Å²) in [5.41, 5.74) is 1.15. The van der Waals surface area contributed by atoms with Gasteiger partial charge in [-0.15, -0.1) is 0 Å². The van der Waals surface area contributed by atoms with E-state index in [1.807, 2.05) is 18.2 Å². The van der Waals surface area contributed by atoms with Gasteiger partial charge >= 0.3 is 0 Å². The Hall–Kier alpha value is -1.21. The quantitative estimate of drug-likeness (QED) is 0.784. The maximum atomic E-state index is 5.90. The fourth-order valence-corrected chi connectivity index (χ4v) is 1.71. The Morgan fingerprint density at radius 3 is 2.57 bits per heavy atom. The first kappa shape index (κ1) is 9.35. The van der Waals surface area contributed by atoms with Gasteiger partial charge in [-0.05, 0) is 42.0 Å². The normalized spacial score (nSPS) is 10.4. The monoisotopic (exact) mass is 205 g/mol. The first-order chi connectivity index (χ1) is 6.79. The Labute approximate surface area is 88.7 Å². The van der Waals surface area contributed by atoms with Crippen molar-refractivity contribution in [2.75, 3.05) is 11.9 Å². The van der Waals surface area contributed by atoms with Gasteiger partial charge in [0.05, 0.1) is 0 Å². The van der Waals surface area contributed by atoms with Gasteiger partial charge in [-0.25, -0.2) is 0 Å². The van der Waals surface area contributed by atoms with Crippen LogP contribution in [0, 0.1) is 0 Å². The zero-order chi connectivity index (χ0) is 9.97. The van der Waals surface area contributed by atoms with Gasteiger partial charge in [-0.1, -0.05) is 23.7 Å². The van der Waals surface area contributed by atoms with E-state index in [4.69, 9.17) is 11.6 Å². The number of halogens is 1. The van der Waals surface area contributed by atoms with Gasteiger partial charge in [0.15, 0.2) is 0 Å². The highest BCUT2D eigenvalue weighted by atomic mass is 35.5. The van der Waals surface area contributed by atoms with Crippen LogP contribution in [0.3, 0.4) is 0 Å². The molecule has 0 aliphatic rings. The van der Waals surface area contributed by atoms with E-state index in [2.05, 4.69) is 30.4 Å². The third kappa shape index (κ3) is 1.83. The van der Waals surface area contributed by atoms with Gasteiger partial charge in [0.25, 0.3) is 0 Å². The van der Waals surface area contributed by atoms with Gasteiger partial charge in [-0.2, -0.15) is 0 Å². The van der Waals surface area contributed by atoms with Crippen molar-refractivity contribution in [3.8, 4) is 0 Å². The van der Waals surface area contributed by atoms with Gasteiger partial charge < -0.3 is 5.32 Å². The molecule has 0 heterocycles. The smallest absolute Gasteiger partial charge is 0.0412 e. The van der Waals surface area contributed by atoms with E-state index in [-0.39, 0.29) is 0 Å². The van der Waals surface area contributed by atoms with E-state index in [0.717, 1.165) is 17.3 Å². The zero-order valence-electron chi connectivity index (χ0n) is 8.05. The molecule has 0 bridgehead atoms. The van der Waals surface area contributed by atoms with Crippen molar-refractivity contribution in [3.05, 3.63) is 41.4 Å². The van der Waals surface area contributed by atoms with Crippen molar-refractivity contribution in [2.45, 2.75) is 6.92 Å². The Balaban J connectivity index is 2.50. The summed E-state index contributed by atoms with van der Waals surface area (Å²) in [6.07, 6.45) is 0. The number of hydrogen-bond acceptors (Lipinski definition) is 1. The van der Waals surface area contributed by atoms with Crippen molar-refractivity contribution < 1.29 is 0 Å². The predicted molar refractivity (Wildman–Crippen MR) is 63.1 cm³/mol. The molecule has 0 saturated heterocycles. The second-order valence-electron chi connectivity index (χ2n) is 3.24. The number of rotatable bonds is 2. The van der Waals surface area contributed by atoms with Crippen LogP contribution < -0.4 is 5.32 Å². The summed E-state index contributed by atoms with van der Waals surface area (Å²) >= 11 is 5.90. The largest absolute Gasteiger partial charge is 0.385 e. The average molecular weight is 206 g/mol. The summed E-state index contributed by atoms with van der Waals surface area (Å²) in [7, 11) is 0. The van der Waals surface area contributed by atoms with Crippen LogP contribution in [0.15, 0.2) is 36.4 Å². The van der Waals surface area contributed by atoms with Gasteiger partial charge in [-0.3, -0.25) is 0 Å². The Morgan fingerprint density at radius 2 is 1.79 bits per heavy atom. The van der Waals surface area contributed by atoms with Crippen LogP contribution in [0.4, 0.5) is 5.69 Å². The van der Waals surface area contributed by atoms with Crippen molar-refractivity contribution >= 4 is 28.1 Å². The minimum absolute atomic E-state index is 0.786. The summed E-state index contributed by atoms with van der Waals surface area (Å²) in [6.45, 7) is 3.03. The molecule has 0 radical (unpaired) electrons. The average Bonchev–Trinajstić information content (AvgIpc) is 2.19. The van der Waals surface area contributed by atoms with Crippen LogP contribution in [-0.4, -0.2) is 6.54 Å². The second-order valence-corrected chi connectivity index (χ2v) is 3.67. The van der Waals surface area contributed by atoms with Crippen molar-refractivity contribution in [3.63, 3.8) is 0 Å². The minimum atomic E-state index is 0.786. The maximum absolute atomic E-state index is 5.90. The third-order valence-electron chi connectivity index (χ3n) is 2.18. The predicted octanol–water partition coefficient (Wildman–Crippen LogP) is 3.93. The highest BCUT2D eigenvalue weighted by Crippen LogP contribution is 2.22. The number of hydrogen-bond donors (Lipinski definition) is 1. The Morgan fingerprint density at radius 1 is 1.07 bits per heavy atom. The van der Waals surface area contributed by atoms with E-state index >= 15 is 0 Å². The van der Waals surface area contributed by atoms with E-state index in [9.17, 15) is 0 Å². The van der Waals surface area contributed by atoms with E-state index in [0.29, 0.717) is 0 Å². The van der Waals surface area contributed by atoms with E-state index in [1.165, 1.54) is 10.8 Å². The number of nitrogens with one attached hydrogen (secondary N) is 1. The lowest BCUT2D eigenvalue weighted by Gasteiger charge is -2.04. The summed E-state index contributed by atoms with van der Waals surface area (Å²) in [5.74, 6) is 0. The molecular formula is C12H12ClN. The fourth-order valence-electron chi connectivity index (χ4n) is 1.53. The lowest BCUT2D eigenvalue weighted by atomic mass is 10.1. The number of fused-ring (bicyclic) bond motifs is 1. The highest BCUT2D eigenvalue weighted by Gasteiger charge is 1.96. The molecule has 2 aromatic rings. The minimum Gasteiger partial charge on any atom is -0.385 e. The molecule has 2 heteroatoms. The van der Waals surface area contributed by atoms with Crippen molar-refractivity contribution in [1.29, 1.82) is 0 Å². The fraction of sp³-hybridized carbons (Fsp3) is 0.167. The van der Waals surface area contributed by atoms with Gasteiger partial charge in [0.2, 0.25) is 0 Å². The molecule has 0 saturated carbocycles. The zero-order valence-corrected chi connectivity index (χ0v) is 8.81. The van der Waals surface area contributed by atoms with Crippen LogP contribution in [0.5, 0.6) is 0 Å². The molecule has 0 atom stereocenters. The van der Waals surface area contributed by atoms with Crippen molar-refractivity contribution in [1.82, 2.24) is 0 Å². The molecule has 2 rings (SSSR count). The molecule has 0 fully saturated rings. The Kier molecular flexibility index (Phi) is 2.60. The molecular weight excluding hydrogens is 194 g/mol. The van der Waals surface area contributed by atoms with Crippen LogP contribution in [0.2, 0.25) is 5.02 Å². The molecule has 0 unspecified atom stereocenters. The SMILES string of the molecule is CCNc1ccc2cc(Cl)ccc2c1. The van der Waals surface area contributed by atoms with Crippen LogP contribution in [0.25, 0.3) is 10.8 Å². The molecule has 0 aliphatic heterocycles. The molecule has 2 aromatic carbocycles. The molecule has 0 aliphatic carbocycles. The van der Waals surface area contributed by atoms with Gasteiger partial charge in [0, 0.05) is 17.3 Å². The first-order valence-electron chi connectivity index (χ1n) is 4.73. The molecule has 72 valence electrons. The molecule has 14 heavy (non-hydrogen) atoms. The standard InChI is InChI=1S/C12H12ClN/c1-2-14-12-6-4-9-7-11(13)5-3-10(9)8-12/h3-8,14H,2H2,1H3. The lowest BCUT2D eigenvalue weighted by molar-refractivity contribution is 1.21. The topological polar surface area (TPSA) is 12.0 Å². The summed E-state index contributed by atoms with van der Waals surface area (Å²) in [4.78, 5) is 0. The lowest BCUT2D eigenvalue weighted by Crippen LogP contribution is -1.95. The molecule has 0 aromatic heterocycles. The summed E-state index contributed by atoms with van der Waals surface area (Å²) in [5, 5.41) is 6.46. The summed E-state index contributed by atoms with van der Waals surface area (Å²) in [6, 6.07) is 12.2. The number of benzene rings is 2. The highest BCUT2D eigenvalue weighted by molar-refractivity contribution is 6.31. The first-order valence-corrected chi connectivity index (χ1v) is 5.10. The number of anilines is 1. The summed E-state index contributed by atoms with van der Waals surface area (Å²) < 4.78 is 0. The van der Waals surface area contributed by atoms with Crippen LogP contribution >= 0.6 is 11.6 Å². The van der Waals surface area contributed by atoms with Gasteiger partial charge in [0.1, 0.15) is 0 Å².